The smallest absolute Gasteiger partial charge is 0.214 e. The van der Waals surface area contributed by atoms with E-state index in [2.05, 4.69) is 15.3 Å². The van der Waals surface area contributed by atoms with Crippen molar-refractivity contribution in [3.05, 3.63) is 18.2 Å². The molecular weight excluding hydrogens is 252 g/mol. The Hall–Kier alpha value is -0.920. The average Bonchev–Trinajstić information content (AvgIpc) is 2.82. The second kappa shape index (κ2) is 5.81. The molecule has 0 aromatic carbocycles. The van der Waals surface area contributed by atoms with E-state index in [4.69, 9.17) is 0 Å². The van der Waals surface area contributed by atoms with Crippen molar-refractivity contribution in [3.8, 4) is 0 Å². The zero-order chi connectivity index (χ0) is 13.0. The quantitative estimate of drug-likeness (QED) is 0.801. The van der Waals surface area contributed by atoms with Crippen molar-refractivity contribution in [2.75, 3.05) is 25.9 Å². The molecule has 1 aliphatic rings. The van der Waals surface area contributed by atoms with Crippen LogP contribution in [0, 0.1) is 5.92 Å². The van der Waals surface area contributed by atoms with Gasteiger partial charge in [0.25, 0.3) is 0 Å². The van der Waals surface area contributed by atoms with Crippen molar-refractivity contribution >= 4 is 10.0 Å². The number of rotatable bonds is 5. The van der Waals surface area contributed by atoms with Gasteiger partial charge in [-0.05, 0) is 31.8 Å². The van der Waals surface area contributed by atoms with Gasteiger partial charge in [-0.15, -0.1) is 0 Å². The molecule has 0 spiro atoms. The molecule has 0 saturated carbocycles. The summed E-state index contributed by atoms with van der Waals surface area (Å²) in [5.41, 5.74) is 0. The number of piperidine rings is 1. The van der Waals surface area contributed by atoms with Crippen LogP contribution in [0.15, 0.2) is 12.4 Å². The Bertz CT molecular complexity index is 451. The molecule has 18 heavy (non-hydrogen) atoms. The van der Waals surface area contributed by atoms with E-state index in [1.165, 1.54) is 4.31 Å². The molecule has 2 rings (SSSR count). The first-order valence-corrected chi connectivity index (χ1v) is 7.82. The summed E-state index contributed by atoms with van der Waals surface area (Å²) in [5.74, 6) is 1.11. The number of hydrogen-bond donors (Lipinski definition) is 2. The highest BCUT2D eigenvalue weighted by Gasteiger charge is 2.25. The fraction of sp³-hybridized carbons (Fsp3) is 0.727. The molecule has 6 nitrogen and oxygen atoms in total. The van der Waals surface area contributed by atoms with E-state index >= 15 is 0 Å². The Labute approximate surface area is 108 Å². The van der Waals surface area contributed by atoms with Gasteiger partial charge in [0.05, 0.1) is 12.3 Å². The Morgan fingerprint density at radius 1 is 1.56 bits per heavy atom. The molecular formula is C11H20N4O2S. The molecule has 1 saturated heterocycles. The van der Waals surface area contributed by atoms with Crippen molar-refractivity contribution in [1.29, 1.82) is 0 Å². The van der Waals surface area contributed by atoms with Gasteiger partial charge in [-0.25, -0.2) is 13.4 Å². The van der Waals surface area contributed by atoms with E-state index in [1.807, 2.05) is 0 Å². The van der Waals surface area contributed by atoms with Gasteiger partial charge in [-0.1, -0.05) is 0 Å². The summed E-state index contributed by atoms with van der Waals surface area (Å²) < 4.78 is 25.7. The highest BCUT2D eigenvalue weighted by Crippen LogP contribution is 2.15. The first-order chi connectivity index (χ1) is 8.58. The van der Waals surface area contributed by atoms with E-state index in [-0.39, 0.29) is 11.7 Å². The van der Waals surface area contributed by atoms with Gasteiger partial charge in [0, 0.05) is 19.4 Å². The number of imidazole rings is 1. The highest BCUT2D eigenvalue weighted by molar-refractivity contribution is 7.89. The maximum atomic E-state index is 12.2. The van der Waals surface area contributed by atoms with Crippen LogP contribution in [0.3, 0.4) is 0 Å². The molecule has 102 valence electrons. The van der Waals surface area contributed by atoms with Crippen molar-refractivity contribution in [2.24, 2.45) is 5.92 Å². The predicted octanol–water partition coefficient (Wildman–Crippen LogP) is 0.171. The van der Waals surface area contributed by atoms with E-state index in [0.717, 1.165) is 25.9 Å². The number of aromatic amines is 1. The molecule has 1 fully saturated rings. The van der Waals surface area contributed by atoms with Crippen LogP contribution in [-0.4, -0.2) is 48.6 Å². The maximum absolute atomic E-state index is 12.2. The largest absolute Gasteiger partial charge is 0.347 e. The monoisotopic (exact) mass is 272 g/mol. The number of hydrogen-bond acceptors (Lipinski definition) is 4. The summed E-state index contributed by atoms with van der Waals surface area (Å²) >= 11 is 0. The Morgan fingerprint density at radius 2 is 2.39 bits per heavy atom. The van der Waals surface area contributed by atoms with Crippen molar-refractivity contribution in [2.45, 2.75) is 19.4 Å². The molecule has 2 heterocycles. The summed E-state index contributed by atoms with van der Waals surface area (Å²) in [6.07, 6.45) is 5.37. The fourth-order valence-electron chi connectivity index (χ4n) is 2.19. The third-order valence-electron chi connectivity index (χ3n) is 3.25. The second-order valence-electron chi connectivity index (χ2n) is 4.78. The van der Waals surface area contributed by atoms with Crippen LogP contribution < -0.4 is 5.32 Å². The van der Waals surface area contributed by atoms with Crippen LogP contribution in [-0.2, 0) is 16.6 Å². The molecule has 1 unspecified atom stereocenters. The molecule has 1 aliphatic heterocycles. The molecule has 0 amide bonds. The summed E-state index contributed by atoms with van der Waals surface area (Å²) in [6.45, 7) is 2.10. The SMILES string of the molecule is CN(Cc1ncc[nH]1)S(=O)(=O)CC1CCCNC1. The van der Waals surface area contributed by atoms with Crippen LogP contribution in [0.5, 0.6) is 0 Å². The molecule has 0 bridgehead atoms. The zero-order valence-electron chi connectivity index (χ0n) is 10.6. The average molecular weight is 272 g/mol. The molecule has 1 atom stereocenters. The fourth-order valence-corrected chi connectivity index (χ4v) is 3.64. The maximum Gasteiger partial charge on any atom is 0.214 e. The lowest BCUT2D eigenvalue weighted by molar-refractivity contribution is 0.389. The molecule has 1 aromatic heterocycles. The lowest BCUT2D eigenvalue weighted by Gasteiger charge is -2.25. The molecule has 7 heteroatoms. The van der Waals surface area contributed by atoms with Gasteiger partial charge < -0.3 is 10.3 Å². The van der Waals surface area contributed by atoms with E-state index in [9.17, 15) is 8.42 Å². The first-order valence-electron chi connectivity index (χ1n) is 6.21. The van der Waals surface area contributed by atoms with Crippen LogP contribution in [0.25, 0.3) is 0 Å². The number of aromatic nitrogens is 2. The summed E-state index contributed by atoms with van der Waals surface area (Å²) in [7, 11) is -1.60. The number of sulfonamides is 1. The Morgan fingerprint density at radius 3 is 3.00 bits per heavy atom. The van der Waals surface area contributed by atoms with Crippen LogP contribution in [0.4, 0.5) is 0 Å². The normalized spacial score (nSPS) is 21.3. The Balaban J connectivity index is 1.92. The zero-order valence-corrected chi connectivity index (χ0v) is 11.4. The van der Waals surface area contributed by atoms with Crippen molar-refractivity contribution in [1.82, 2.24) is 19.6 Å². The third kappa shape index (κ3) is 3.54. The molecule has 0 aliphatic carbocycles. The summed E-state index contributed by atoms with van der Waals surface area (Å²) in [4.78, 5) is 6.96. The lowest BCUT2D eigenvalue weighted by Crippen LogP contribution is -2.38. The van der Waals surface area contributed by atoms with E-state index in [0.29, 0.717) is 12.4 Å². The minimum absolute atomic E-state index is 0.219. The van der Waals surface area contributed by atoms with Gasteiger partial charge in [0.2, 0.25) is 10.0 Å². The van der Waals surface area contributed by atoms with Crippen LogP contribution >= 0.6 is 0 Å². The summed E-state index contributed by atoms with van der Waals surface area (Å²) in [6, 6.07) is 0. The lowest BCUT2D eigenvalue weighted by atomic mass is 10.0. The van der Waals surface area contributed by atoms with Crippen molar-refractivity contribution < 1.29 is 8.42 Å². The number of nitrogens with one attached hydrogen (secondary N) is 2. The summed E-state index contributed by atoms with van der Waals surface area (Å²) in [5, 5.41) is 3.24. The third-order valence-corrected chi connectivity index (χ3v) is 5.22. The number of H-pyrrole nitrogens is 1. The van der Waals surface area contributed by atoms with Crippen LogP contribution in [0.2, 0.25) is 0 Å². The second-order valence-corrected chi connectivity index (χ2v) is 6.90. The van der Waals surface area contributed by atoms with E-state index in [1.54, 1.807) is 19.4 Å². The Kier molecular flexibility index (Phi) is 4.36. The van der Waals surface area contributed by atoms with Gasteiger partial charge in [0.1, 0.15) is 5.82 Å². The number of nitrogens with zero attached hydrogens (tertiary/aromatic N) is 2. The standard InChI is InChI=1S/C11H20N4O2S/c1-15(8-11-13-5-6-14-11)18(16,17)9-10-3-2-4-12-7-10/h5-6,10,12H,2-4,7-9H2,1H3,(H,13,14). The van der Waals surface area contributed by atoms with Gasteiger partial charge in [-0.3, -0.25) is 0 Å². The van der Waals surface area contributed by atoms with Crippen molar-refractivity contribution in [3.63, 3.8) is 0 Å². The van der Waals surface area contributed by atoms with Gasteiger partial charge in [0.15, 0.2) is 0 Å². The van der Waals surface area contributed by atoms with Gasteiger partial charge in [-0.2, -0.15) is 4.31 Å². The highest BCUT2D eigenvalue weighted by atomic mass is 32.2. The van der Waals surface area contributed by atoms with Gasteiger partial charge >= 0.3 is 0 Å². The first kappa shape index (κ1) is 13.5. The van der Waals surface area contributed by atoms with Crippen LogP contribution in [0.1, 0.15) is 18.7 Å². The minimum Gasteiger partial charge on any atom is -0.347 e. The minimum atomic E-state index is -3.20. The topological polar surface area (TPSA) is 78.1 Å². The molecule has 0 radical (unpaired) electrons. The molecule has 1 aromatic rings. The predicted molar refractivity (Wildman–Crippen MR) is 69.4 cm³/mol. The molecule has 2 N–H and O–H groups in total. The van der Waals surface area contributed by atoms with E-state index < -0.39 is 10.0 Å².